The van der Waals surface area contributed by atoms with Crippen LogP contribution in [0.5, 0.6) is 0 Å². The Hall–Kier alpha value is -0.410. The third-order valence-corrected chi connectivity index (χ3v) is 2.90. The van der Waals surface area contributed by atoms with Crippen molar-refractivity contribution >= 4 is 29.1 Å². The van der Waals surface area contributed by atoms with Crippen molar-refractivity contribution in [2.45, 2.75) is 24.8 Å². The lowest BCUT2D eigenvalue weighted by Crippen LogP contribution is -1.92. The standard InChI is InChI=1S/C9H13ClN2S/c1-2-3-4-13-9-8(11)5-7(10)6-12-9/h5-6H,2-4,11H2,1H3. The third kappa shape index (κ3) is 3.44. The molecule has 0 aliphatic rings. The van der Waals surface area contributed by atoms with Gasteiger partial charge < -0.3 is 5.73 Å². The Balaban J connectivity index is 2.56. The van der Waals surface area contributed by atoms with Crippen LogP contribution >= 0.6 is 23.4 Å². The molecule has 1 heterocycles. The first kappa shape index (κ1) is 10.7. The van der Waals surface area contributed by atoms with Crippen LogP contribution in [0.15, 0.2) is 17.3 Å². The number of thioether (sulfide) groups is 1. The lowest BCUT2D eigenvalue weighted by Gasteiger charge is -2.03. The molecule has 1 aromatic heterocycles. The van der Waals surface area contributed by atoms with Gasteiger partial charge >= 0.3 is 0 Å². The molecule has 0 saturated heterocycles. The molecule has 0 atom stereocenters. The zero-order valence-electron chi connectivity index (χ0n) is 7.59. The fraction of sp³-hybridized carbons (Fsp3) is 0.444. The predicted octanol–water partition coefficient (Wildman–Crippen LogP) is 3.21. The van der Waals surface area contributed by atoms with E-state index in [1.165, 1.54) is 12.8 Å². The fourth-order valence-electron chi connectivity index (χ4n) is 0.876. The van der Waals surface area contributed by atoms with Crippen molar-refractivity contribution in [2.75, 3.05) is 11.5 Å². The van der Waals surface area contributed by atoms with Gasteiger partial charge in [-0.2, -0.15) is 0 Å². The maximum Gasteiger partial charge on any atom is 0.119 e. The van der Waals surface area contributed by atoms with Gasteiger partial charge in [-0.05, 0) is 18.2 Å². The van der Waals surface area contributed by atoms with Gasteiger partial charge in [0.15, 0.2) is 0 Å². The minimum Gasteiger partial charge on any atom is -0.397 e. The molecule has 0 aliphatic carbocycles. The van der Waals surface area contributed by atoms with E-state index < -0.39 is 0 Å². The molecule has 1 aromatic rings. The molecule has 72 valence electrons. The summed E-state index contributed by atoms with van der Waals surface area (Å²) in [5.74, 6) is 1.06. The summed E-state index contributed by atoms with van der Waals surface area (Å²) in [5.41, 5.74) is 6.41. The van der Waals surface area contributed by atoms with Crippen LogP contribution in [0, 0.1) is 0 Å². The van der Waals surface area contributed by atoms with Crippen LogP contribution in [0.1, 0.15) is 19.8 Å². The summed E-state index contributed by atoms with van der Waals surface area (Å²) >= 11 is 7.41. The van der Waals surface area contributed by atoms with E-state index >= 15 is 0 Å². The Bertz CT molecular complexity index is 278. The summed E-state index contributed by atoms with van der Waals surface area (Å²) in [6.07, 6.45) is 4.01. The van der Waals surface area contributed by atoms with Gasteiger partial charge in [0.25, 0.3) is 0 Å². The summed E-state index contributed by atoms with van der Waals surface area (Å²) in [4.78, 5) is 4.16. The molecule has 0 spiro atoms. The highest BCUT2D eigenvalue weighted by atomic mass is 35.5. The number of nitrogens with two attached hydrogens (primary N) is 1. The Morgan fingerprint density at radius 1 is 1.62 bits per heavy atom. The Kier molecular flexibility index (Phi) is 4.39. The van der Waals surface area contributed by atoms with E-state index in [1.54, 1.807) is 24.0 Å². The number of pyridine rings is 1. The number of anilines is 1. The minimum atomic E-state index is 0.595. The molecular weight excluding hydrogens is 204 g/mol. The summed E-state index contributed by atoms with van der Waals surface area (Å²) in [7, 11) is 0. The third-order valence-electron chi connectivity index (χ3n) is 1.58. The lowest BCUT2D eigenvalue weighted by atomic mass is 10.4. The molecule has 0 fully saturated rings. The normalized spacial score (nSPS) is 10.3. The molecule has 13 heavy (non-hydrogen) atoms. The van der Waals surface area contributed by atoms with Crippen molar-refractivity contribution in [3.63, 3.8) is 0 Å². The van der Waals surface area contributed by atoms with Gasteiger partial charge in [0.1, 0.15) is 5.03 Å². The molecule has 0 bridgehead atoms. The first-order valence-corrected chi connectivity index (χ1v) is 5.64. The number of aromatic nitrogens is 1. The van der Waals surface area contributed by atoms with E-state index in [1.807, 2.05) is 0 Å². The summed E-state index contributed by atoms with van der Waals surface area (Å²) in [6, 6.07) is 1.74. The Morgan fingerprint density at radius 2 is 2.38 bits per heavy atom. The van der Waals surface area contributed by atoms with E-state index in [-0.39, 0.29) is 0 Å². The van der Waals surface area contributed by atoms with E-state index in [0.717, 1.165) is 10.8 Å². The van der Waals surface area contributed by atoms with Gasteiger partial charge in [-0.3, -0.25) is 0 Å². The molecule has 0 unspecified atom stereocenters. The van der Waals surface area contributed by atoms with Gasteiger partial charge in [0.05, 0.1) is 10.7 Å². The van der Waals surface area contributed by atoms with Crippen LogP contribution in [-0.4, -0.2) is 10.7 Å². The maximum absolute atomic E-state index is 5.74. The Labute approximate surface area is 87.9 Å². The van der Waals surface area contributed by atoms with Gasteiger partial charge in [0.2, 0.25) is 0 Å². The molecule has 0 aromatic carbocycles. The highest BCUT2D eigenvalue weighted by molar-refractivity contribution is 7.99. The monoisotopic (exact) mass is 216 g/mol. The molecule has 0 radical (unpaired) electrons. The number of hydrogen-bond acceptors (Lipinski definition) is 3. The van der Waals surface area contributed by atoms with Gasteiger partial charge in [0, 0.05) is 6.20 Å². The molecule has 1 rings (SSSR count). The number of halogens is 1. The van der Waals surface area contributed by atoms with Crippen molar-refractivity contribution in [1.29, 1.82) is 0 Å². The van der Waals surface area contributed by atoms with E-state index in [9.17, 15) is 0 Å². The molecule has 0 amide bonds. The first-order chi connectivity index (χ1) is 6.24. The number of rotatable bonds is 4. The largest absolute Gasteiger partial charge is 0.397 e. The zero-order valence-corrected chi connectivity index (χ0v) is 9.16. The maximum atomic E-state index is 5.74. The second-order valence-corrected chi connectivity index (χ2v) is 4.27. The van der Waals surface area contributed by atoms with Gasteiger partial charge in [-0.25, -0.2) is 4.98 Å². The predicted molar refractivity (Wildman–Crippen MR) is 59.3 cm³/mol. The quantitative estimate of drug-likeness (QED) is 0.621. The van der Waals surface area contributed by atoms with E-state index in [0.29, 0.717) is 10.7 Å². The first-order valence-electron chi connectivity index (χ1n) is 4.28. The van der Waals surface area contributed by atoms with Crippen LogP contribution in [-0.2, 0) is 0 Å². The van der Waals surface area contributed by atoms with Crippen LogP contribution in [0.4, 0.5) is 5.69 Å². The highest BCUT2D eigenvalue weighted by Crippen LogP contribution is 2.25. The molecule has 2 N–H and O–H groups in total. The van der Waals surface area contributed by atoms with E-state index in [2.05, 4.69) is 11.9 Å². The molecule has 4 heteroatoms. The molecular formula is C9H13ClN2S. The van der Waals surface area contributed by atoms with E-state index in [4.69, 9.17) is 17.3 Å². The molecule has 2 nitrogen and oxygen atoms in total. The van der Waals surface area contributed by atoms with Crippen LogP contribution in [0.2, 0.25) is 5.02 Å². The van der Waals surface area contributed by atoms with Crippen molar-refractivity contribution in [2.24, 2.45) is 0 Å². The average molecular weight is 217 g/mol. The number of nitrogens with zero attached hydrogens (tertiary/aromatic N) is 1. The summed E-state index contributed by atoms with van der Waals surface area (Å²) in [6.45, 7) is 2.17. The molecule has 0 saturated carbocycles. The second-order valence-electron chi connectivity index (χ2n) is 2.75. The Morgan fingerprint density at radius 3 is 3.00 bits per heavy atom. The van der Waals surface area contributed by atoms with Crippen molar-refractivity contribution < 1.29 is 0 Å². The lowest BCUT2D eigenvalue weighted by molar-refractivity contribution is 0.895. The average Bonchev–Trinajstić information content (AvgIpc) is 2.09. The zero-order chi connectivity index (χ0) is 9.68. The smallest absolute Gasteiger partial charge is 0.119 e. The molecule has 0 aliphatic heterocycles. The fourth-order valence-corrected chi connectivity index (χ4v) is 2.02. The minimum absolute atomic E-state index is 0.595. The van der Waals surface area contributed by atoms with Crippen LogP contribution in [0.3, 0.4) is 0 Å². The number of nitrogen functional groups attached to an aromatic ring is 1. The number of hydrogen-bond donors (Lipinski definition) is 1. The number of unbranched alkanes of at least 4 members (excludes halogenated alkanes) is 1. The SMILES string of the molecule is CCCCSc1ncc(Cl)cc1N. The summed E-state index contributed by atoms with van der Waals surface area (Å²) in [5, 5.41) is 1.48. The highest BCUT2D eigenvalue weighted by Gasteiger charge is 2.01. The summed E-state index contributed by atoms with van der Waals surface area (Å²) < 4.78 is 0. The van der Waals surface area contributed by atoms with Crippen molar-refractivity contribution in [3.8, 4) is 0 Å². The van der Waals surface area contributed by atoms with Crippen LogP contribution < -0.4 is 5.73 Å². The van der Waals surface area contributed by atoms with Crippen molar-refractivity contribution in [1.82, 2.24) is 4.98 Å². The topological polar surface area (TPSA) is 38.9 Å². The van der Waals surface area contributed by atoms with Gasteiger partial charge in [-0.1, -0.05) is 24.9 Å². The van der Waals surface area contributed by atoms with Gasteiger partial charge in [-0.15, -0.1) is 11.8 Å². The van der Waals surface area contributed by atoms with Crippen LogP contribution in [0.25, 0.3) is 0 Å². The second kappa shape index (κ2) is 5.35. The van der Waals surface area contributed by atoms with Crippen molar-refractivity contribution in [3.05, 3.63) is 17.3 Å².